The fourth-order valence-electron chi connectivity index (χ4n) is 2.63. The molecule has 0 radical (unpaired) electrons. The van der Waals surface area contributed by atoms with Crippen LogP contribution in [0, 0.1) is 0 Å². The minimum Gasteiger partial charge on any atom is -0.468 e. The van der Waals surface area contributed by atoms with E-state index in [0.717, 1.165) is 30.4 Å². The highest BCUT2D eigenvalue weighted by molar-refractivity contribution is 7.98. The molecule has 1 atom stereocenters. The van der Waals surface area contributed by atoms with Gasteiger partial charge in [-0.2, -0.15) is 16.5 Å². The Hall–Kier alpha value is -1.83. The van der Waals surface area contributed by atoms with E-state index in [4.69, 9.17) is 4.74 Å². The molecule has 0 heterocycles. The predicted octanol–water partition coefficient (Wildman–Crippen LogP) is 3.78. The van der Waals surface area contributed by atoms with Crippen LogP contribution in [0.4, 0.5) is 0 Å². The Balaban J connectivity index is 2.02. The van der Waals surface area contributed by atoms with Gasteiger partial charge in [0, 0.05) is 11.5 Å². The van der Waals surface area contributed by atoms with Crippen LogP contribution in [-0.4, -0.2) is 33.3 Å². The first kappa shape index (κ1) is 22.5. The van der Waals surface area contributed by atoms with Gasteiger partial charge in [-0.25, -0.2) is 8.42 Å². The zero-order chi connectivity index (χ0) is 20.4. The molecule has 1 unspecified atom stereocenters. The number of thioether (sulfide) groups is 1. The summed E-state index contributed by atoms with van der Waals surface area (Å²) in [5.74, 6) is 0.376. The van der Waals surface area contributed by atoms with Crippen LogP contribution in [0.1, 0.15) is 30.9 Å². The van der Waals surface area contributed by atoms with Gasteiger partial charge in [0.2, 0.25) is 10.0 Å². The number of hydrogen-bond acceptors (Lipinski definition) is 5. The largest absolute Gasteiger partial charge is 0.468 e. The van der Waals surface area contributed by atoms with E-state index < -0.39 is 22.0 Å². The van der Waals surface area contributed by atoms with E-state index in [9.17, 15) is 13.2 Å². The van der Waals surface area contributed by atoms with E-state index in [2.05, 4.69) is 11.6 Å². The fourth-order valence-corrected chi connectivity index (χ4v) is 4.92. The minimum absolute atomic E-state index is 0.148. The molecule has 0 aliphatic heterocycles. The first-order valence-electron chi connectivity index (χ1n) is 9.27. The van der Waals surface area contributed by atoms with Crippen LogP contribution in [-0.2, 0) is 31.7 Å². The molecule has 0 saturated carbocycles. The Kier molecular flexibility index (Phi) is 9.02. The van der Waals surface area contributed by atoms with Crippen molar-refractivity contribution in [2.45, 2.75) is 42.9 Å². The number of sulfonamides is 1. The second-order valence-electron chi connectivity index (χ2n) is 6.45. The average Bonchev–Trinajstić information content (AvgIpc) is 2.72. The quantitative estimate of drug-likeness (QED) is 0.559. The van der Waals surface area contributed by atoms with Crippen LogP contribution in [0.2, 0.25) is 0 Å². The molecule has 0 bridgehead atoms. The average molecular weight is 422 g/mol. The fraction of sp³-hybridized carbons (Fsp3) is 0.381. The number of benzene rings is 2. The van der Waals surface area contributed by atoms with Gasteiger partial charge in [-0.05, 0) is 36.1 Å². The molecule has 0 aliphatic rings. The highest BCUT2D eigenvalue weighted by Gasteiger charge is 2.26. The smallest absolute Gasteiger partial charge is 0.324 e. The van der Waals surface area contributed by atoms with E-state index in [1.807, 2.05) is 42.5 Å². The van der Waals surface area contributed by atoms with Gasteiger partial charge in [-0.15, -0.1) is 0 Å². The van der Waals surface area contributed by atoms with E-state index in [1.165, 1.54) is 18.9 Å². The summed E-state index contributed by atoms with van der Waals surface area (Å²) in [5.41, 5.74) is 2.21. The number of ether oxygens (including phenoxy) is 1. The molecule has 0 saturated heterocycles. The Bertz CT molecular complexity index is 836. The van der Waals surface area contributed by atoms with Crippen LogP contribution >= 0.6 is 11.8 Å². The normalized spacial score (nSPS) is 12.5. The van der Waals surface area contributed by atoms with Crippen molar-refractivity contribution < 1.29 is 17.9 Å². The van der Waals surface area contributed by atoms with Crippen LogP contribution in [0.15, 0.2) is 59.5 Å². The number of rotatable bonds is 11. The van der Waals surface area contributed by atoms with E-state index in [1.54, 1.807) is 12.1 Å². The van der Waals surface area contributed by atoms with E-state index in [-0.39, 0.29) is 10.6 Å². The molecular weight excluding hydrogens is 394 g/mol. The molecule has 2 aromatic rings. The number of unbranched alkanes of at least 4 members (excludes halogenated alkanes) is 1. The van der Waals surface area contributed by atoms with Gasteiger partial charge in [0.1, 0.15) is 6.04 Å². The number of esters is 1. The molecular formula is C21H27NO4S2. The summed E-state index contributed by atoms with van der Waals surface area (Å²) < 4.78 is 32.7. The van der Waals surface area contributed by atoms with E-state index in [0.29, 0.717) is 5.75 Å². The van der Waals surface area contributed by atoms with Crippen molar-refractivity contribution in [2.24, 2.45) is 0 Å². The van der Waals surface area contributed by atoms with Gasteiger partial charge in [-0.1, -0.05) is 55.8 Å². The maximum absolute atomic E-state index is 12.7. The number of carbonyl (C=O) groups is 1. The van der Waals surface area contributed by atoms with Crippen molar-refractivity contribution in [1.82, 2.24) is 4.72 Å². The van der Waals surface area contributed by atoms with Gasteiger partial charge in [-0.3, -0.25) is 4.79 Å². The number of nitrogens with one attached hydrogen (secondary N) is 1. The summed E-state index contributed by atoms with van der Waals surface area (Å²) in [7, 11) is -2.55. The highest BCUT2D eigenvalue weighted by atomic mass is 32.2. The summed E-state index contributed by atoms with van der Waals surface area (Å²) in [6, 6.07) is 15.7. The Morgan fingerprint density at radius 1 is 1.07 bits per heavy atom. The minimum atomic E-state index is -3.81. The zero-order valence-corrected chi connectivity index (χ0v) is 17.9. The van der Waals surface area contributed by atoms with Crippen molar-refractivity contribution in [2.75, 3.05) is 12.9 Å². The predicted molar refractivity (Wildman–Crippen MR) is 114 cm³/mol. The summed E-state index contributed by atoms with van der Waals surface area (Å²) in [5, 5.41) is 0. The maximum atomic E-state index is 12.7. The lowest BCUT2D eigenvalue weighted by molar-refractivity contribution is -0.141. The summed E-state index contributed by atoms with van der Waals surface area (Å²) in [6.45, 7) is 2.12. The molecule has 0 spiro atoms. The van der Waals surface area contributed by atoms with Gasteiger partial charge >= 0.3 is 5.97 Å². The second-order valence-corrected chi connectivity index (χ2v) is 9.19. The molecule has 0 amide bonds. The standard InChI is InChI=1S/C21H27NO4S2/c1-3-4-8-17-11-13-19(14-12-17)28(24,25)22-20(21(23)26-2)16-27-15-18-9-6-5-7-10-18/h5-7,9-14,20,22H,3-4,8,15-16H2,1-2H3. The van der Waals surface area contributed by atoms with Gasteiger partial charge in [0.05, 0.1) is 12.0 Å². The molecule has 152 valence electrons. The number of hydrogen-bond donors (Lipinski definition) is 1. The zero-order valence-electron chi connectivity index (χ0n) is 16.3. The van der Waals surface area contributed by atoms with Crippen LogP contribution < -0.4 is 4.72 Å². The van der Waals surface area contributed by atoms with E-state index >= 15 is 0 Å². The molecule has 1 N–H and O–H groups in total. The highest BCUT2D eigenvalue weighted by Crippen LogP contribution is 2.17. The van der Waals surface area contributed by atoms with Crippen LogP contribution in [0.5, 0.6) is 0 Å². The van der Waals surface area contributed by atoms with Crippen molar-refractivity contribution in [3.8, 4) is 0 Å². The van der Waals surface area contributed by atoms with Crippen molar-refractivity contribution in [1.29, 1.82) is 0 Å². The molecule has 2 rings (SSSR count). The lowest BCUT2D eigenvalue weighted by Crippen LogP contribution is -2.43. The monoisotopic (exact) mass is 421 g/mol. The molecule has 0 aliphatic carbocycles. The second kappa shape index (κ2) is 11.2. The molecule has 7 heteroatoms. The van der Waals surface area contributed by atoms with Gasteiger partial charge in [0.15, 0.2) is 0 Å². The molecule has 5 nitrogen and oxygen atoms in total. The molecule has 2 aromatic carbocycles. The lowest BCUT2D eigenvalue weighted by Gasteiger charge is -2.16. The van der Waals surface area contributed by atoms with Gasteiger partial charge < -0.3 is 4.74 Å². The summed E-state index contributed by atoms with van der Waals surface area (Å²) >= 11 is 1.48. The topological polar surface area (TPSA) is 72.5 Å². The van der Waals surface area contributed by atoms with Crippen molar-refractivity contribution in [3.63, 3.8) is 0 Å². The number of carbonyl (C=O) groups excluding carboxylic acids is 1. The molecule has 0 fully saturated rings. The first-order valence-corrected chi connectivity index (χ1v) is 11.9. The first-order chi connectivity index (χ1) is 13.5. The molecule has 28 heavy (non-hydrogen) atoms. The lowest BCUT2D eigenvalue weighted by atomic mass is 10.1. The van der Waals surface area contributed by atoms with Crippen LogP contribution in [0.3, 0.4) is 0 Å². The summed E-state index contributed by atoms with van der Waals surface area (Å²) in [6.07, 6.45) is 3.07. The van der Waals surface area contributed by atoms with Crippen LogP contribution in [0.25, 0.3) is 0 Å². The third-order valence-corrected chi connectivity index (χ3v) is 6.83. The Morgan fingerprint density at radius 2 is 1.75 bits per heavy atom. The van der Waals surface area contributed by atoms with Gasteiger partial charge in [0.25, 0.3) is 0 Å². The summed E-state index contributed by atoms with van der Waals surface area (Å²) in [4.78, 5) is 12.2. The van der Waals surface area contributed by atoms with Crippen molar-refractivity contribution in [3.05, 3.63) is 65.7 Å². The third-order valence-electron chi connectivity index (χ3n) is 4.23. The third kappa shape index (κ3) is 6.96. The maximum Gasteiger partial charge on any atom is 0.324 e. The SMILES string of the molecule is CCCCc1ccc(S(=O)(=O)NC(CSCc2ccccc2)C(=O)OC)cc1. The number of methoxy groups -OCH3 is 1. The number of aryl methyl sites for hydroxylation is 1. The Labute approximate surface area is 171 Å². The van der Waals surface area contributed by atoms with Crippen molar-refractivity contribution >= 4 is 27.8 Å². The Morgan fingerprint density at radius 3 is 2.36 bits per heavy atom. The molecule has 0 aromatic heterocycles.